The number of aromatic nitrogens is 1. The second kappa shape index (κ2) is 5.27. The number of hydrogen-bond acceptors (Lipinski definition) is 4. The molecule has 2 saturated carbocycles. The van der Waals surface area contributed by atoms with E-state index in [1.165, 1.54) is 18.4 Å². The van der Waals surface area contributed by atoms with Gasteiger partial charge >= 0.3 is 5.97 Å². The number of nitrogens with zero attached hydrogens (tertiary/aromatic N) is 1. The van der Waals surface area contributed by atoms with Gasteiger partial charge < -0.3 is 9.15 Å². The summed E-state index contributed by atoms with van der Waals surface area (Å²) in [6, 6.07) is 8.30. The zero-order valence-electron chi connectivity index (χ0n) is 12.6. The standard InChI is InChI=1S/C18H19NO3/c1-2-21-18(20)15-9-14(15)11-3-5-12(6-4-11)16-10-22-17(19-16)13-7-8-13/h3-6,10,13-15H,2,7-9H2,1H3/t14-,15+/m1/s1. The Morgan fingerprint density at radius 3 is 2.77 bits per heavy atom. The molecule has 114 valence electrons. The number of carbonyl (C=O) groups excluding carboxylic acids is 1. The molecule has 2 atom stereocenters. The minimum absolute atomic E-state index is 0.0410. The molecule has 1 aromatic heterocycles. The fraction of sp³-hybridized carbons (Fsp3) is 0.444. The lowest BCUT2D eigenvalue weighted by Crippen LogP contribution is -2.07. The molecule has 0 N–H and O–H groups in total. The van der Waals surface area contributed by atoms with Gasteiger partial charge in [0.05, 0.1) is 12.5 Å². The molecule has 0 unspecified atom stereocenters. The highest BCUT2D eigenvalue weighted by atomic mass is 16.5. The Balaban J connectivity index is 1.45. The highest BCUT2D eigenvalue weighted by Crippen LogP contribution is 2.48. The van der Waals surface area contributed by atoms with E-state index in [9.17, 15) is 4.79 Å². The van der Waals surface area contributed by atoms with Crippen molar-refractivity contribution in [2.75, 3.05) is 6.61 Å². The van der Waals surface area contributed by atoms with Crippen LogP contribution in [0.25, 0.3) is 11.3 Å². The molecule has 4 heteroatoms. The van der Waals surface area contributed by atoms with Crippen LogP contribution in [0.4, 0.5) is 0 Å². The average Bonchev–Trinajstić information content (AvgIpc) is 3.46. The van der Waals surface area contributed by atoms with E-state index in [-0.39, 0.29) is 11.9 Å². The molecule has 4 rings (SSSR count). The molecular formula is C18H19NO3. The van der Waals surface area contributed by atoms with E-state index in [4.69, 9.17) is 9.15 Å². The highest BCUT2D eigenvalue weighted by Gasteiger charge is 2.45. The van der Waals surface area contributed by atoms with Crippen molar-refractivity contribution in [3.05, 3.63) is 42.0 Å². The van der Waals surface area contributed by atoms with Crippen molar-refractivity contribution in [2.45, 2.75) is 38.0 Å². The minimum Gasteiger partial charge on any atom is -0.466 e. The van der Waals surface area contributed by atoms with Gasteiger partial charge in [-0.05, 0) is 37.7 Å². The normalized spacial score (nSPS) is 23.3. The summed E-state index contributed by atoms with van der Waals surface area (Å²) >= 11 is 0. The second-order valence-electron chi connectivity index (χ2n) is 6.17. The number of rotatable bonds is 5. The van der Waals surface area contributed by atoms with Gasteiger partial charge in [0.15, 0.2) is 5.89 Å². The Labute approximate surface area is 129 Å². The van der Waals surface area contributed by atoms with E-state index in [1.807, 2.05) is 6.92 Å². The van der Waals surface area contributed by atoms with Gasteiger partial charge in [0.2, 0.25) is 0 Å². The molecule has 1 heterocycles. The fourth-order valence-electron chi connectivity index (χ4n) is 2.91. The third-order valence-corrected chi connectivity index (χ3v) is 4.46. The van der Waals surface area contributed by atoms with E-state index < -0.39 is 0 Å². The first-order valence-corrected chi connectivity index (χ1v) is 7.98. The number of benzene rings is 1. The van der Waals surface area contributed by atoms with E-state index in [2.05, 4.69) is 29.2 Å². The van der Waals surface area contributed by atoms with Crippen LogP contribution in [0.5, 0.6) is 0 Å². The summed E-state index contributed by atoms with van der Waals surface area (Å²) in [6.07, 6.45) is 5.01. The second-order valence-corrected chi connectivity index (χ2v) is 6.17. The van der Waals surface area contributed by atoms with Gasteiger partial charge in [-0.15, -0.1) is 0 Å². The van der Waals surface area contributed by atoms with Gasteiger partial charge in [-0.25, -0.2) is 4.98 Å². The van der Waals surface area contributed by atoms with Crippen LogP contribution in [0.2, 0.25) is 0 Å². The van der Waals surface area contributed by atoms with Crippen LogP contribution in [0.15, 0.2) is 34.9 Å². The number of carbonyl (C=O) groups is 1. The Morgan fingerprint density at radius 1 is 1.32 bits per heavy atom. The van der Waals surface area contributed by atoms with E-state index in [1.54, 1.807) is 6.26 Å². The van der Waals surface area contributed by atoms with Crippen molar-refractivity contribution >= 4 is 5.97 Å². The molecule has 2 aliphatic carbocycles. The van der Waals surface area contributed by atoms with Gasteiger partial charge in [0.25, 0.3) is 0 Å². The molecule has 0 saturated heterocycles. The zero-order valence-corrected chi connectivity index (χ0v) is 12.6. The van der Waals surface area contributed by atoms with Crippen molar-refractivity contribution in [3.63, 3.8) is 0 Å². The quantitative estimate of drug-likeness (QED) is 0.786. The third-order valence-electron chi connectivity index (χ3n) is 4.46. The van der Waals surface area contributed by atoms with E-state index in [0.717, 1.165) is 23.6 Å². The molecule has 1 aromatic carbocycles. The summed E-state index contributed by atoms with van der Waals surface area (Å²) in [7, 11) is 0. The van der Waals surface area contributed by atoms with Gasteiger partial charge in [-0.1, -0.05) is 24.3 Å². The molecule has 0 amide bonds. The van der Waals surface area contributed by atoms with Gasteiger partial charge in [0, 0.05) is 11.5 Å². The molecule has 2 aromatic rings. The van der Waals surface area contributed by atoms with Crippen LogP contribution in [0.3, 0.4) is 0 Å². The first-order chi connectivity index (χ1) is 10.8. The zero-order chi connectivity index (χ0) is 15.1. The number of ether oxygens (including phenoxy) is 1. The smallest absolute Gasteiger partial charge is 0.309 e. The molecule has 0 radical (unpaired) electrons. The first-order valence-electron chi connectivity index (χ1n) is 7.98. The van der Waals surface area contributed by atoms with Crippen LogP contribution in [0.1, 0.15) is 49.5 Å². The lowest BCUT2D eigenvalue weighted by atomic mass is 10.1. The van der Waals surface area contributed by atoms with Gasteiger partial charge in [0.1, 0.15) is 12.0 Å². The van der Waals surface area contributed by atoms with Crippen LogP contribution in [-0.4, -0.2) is 17.6 Å². The molecular weight excluding hydrogens is 278 g/mol. The van der Waals surface area contributed by atoms with Crippen molar-refractivity contribution in [2.24, 2.45) is 5.92 Å². The van der Waals surface area contributed by atoms with Crippen molar-refractivity contribution in [1.29, 1.82) is 0 Å². The molecule has 0 spiro atoms. The Kier molecular flexibility index (Phi) is 3.25. The maximum absolute atomic E-state index is 11.7. The Hall–Kier alpha value is -2.10. The van der Waals surface area contributed by atoms with Crippen molar-refractivity contribution in [1.82, 2.24) is 4.98 Å². The lowest BCUT2D eigenvalue weighted by molar-refractivity contribution is -0.144. The Bertz CT molecular complexity index is 685. The largest absolute Gasteiger partial charge is 0.466 e. The summed E-state index contributed by atoms with van der Waals surface area (Å²) in [5.74, 6) is 1.68. The lowest BCUT2D eigenvalue weighted by Gasteiger charge is -2.02. The maximum Gasteiger partial charge on any atom is 0.309 e. The molecule has 2 aliphatic rings. The number of oxazole rings is 1. The van der Waals surface area contributed by atoms with Gasteiger partial charge in [-0.3, -0.25) is 4.79 Å². The maximum atomic E-state index is 11.7. The predicted octanol–water partition coefficient (Wildman–Crippen LogP) is 3.89. The number of esters is 1. The topological polar surface area (TPSA) is 52.3 Å². The summed E-state index contributed by atoms with van der Waals surface area (Å²) < 4.78 is 10.6. The van der Waals surface area contributed by atoms with Gasteiger partial charge in [-0.2, -0.15) is 0 Å². The van der Waals surface area contributed by atoms with Crippen molar-refractivity contribution in [3.8, 4) is 11.3 Å². The molecule has 0 bridgehead atoms. The van der Waals surface area contributed by atoms with Crippen LogP contribution in [-0.2, 0) is 9.53 Å². The van der Waals surface area contributed by atoms with E-state index >= 15 is 0 Å². The van der Waals surface area contributed by atoms with Crippen molar-refractivity contribution < 1.29 is 13.9 Å². The summed E-state index contributed by atoms with van der Waals surface area (Å²) in [5.41, 5.74) is 3.16. The molecule has 22 heavy (non-hydrogen) atoms. The fourth-order valence-corrected chi connectivity index (χ4v) is 2.91. The van der Waals surface area contributed by atoms with Crippen LogP contribution < -0.4 is 0 Å². The summed E-state index contributed by atoms with van der Waals surface area (Å²) in [5, 5.41) is 0. The van der Waals surface area contributed by atoms with Crippen LogP contribution >= 0.6 is 0 Å². The first kappa shape index (κ1) is 13.6. The van der Waals surface area contributed by atoms with E-state index in [0.29, 0.717) is 18.4 Å². The SMILES string of the molecule is CCOC(=O)[C@H]1C[C@@H]1c1ccc(-c2coc(C3CC3)n2)cc1. The number of hydrogen-bond donors (Lipinski definition) is 0. The molecule has 2 fully saturated rings. The van der Waals surface area contributed by atoms with Crippen LogP contribution in [0, 0.1) is 5.92 Å². The molecule has 4 nitrogen and oxygen atoms in total. The minimum atomic E-state index is -0.0675. The Morgan fingerprint density at radius 2 is 2.09 bits per heavy atom. The molecule has 0 aliphatic heterocycles. The highest BCUT2D eigenvalue weighted by molar-refractivity contribution is 5.77. The summed E-state index contributed by atoms with van der Waals surface area (Å²) in [4.78, 5) is 16.3. The predicted molar refractivity (Wildman–Crippen MR) is 81.4 cm³/mol. The average molecular weight is 297 g/mol. The summed E-state index contributed by atoms with van der Waals surface area (Å²) in [6.45, 7) is 2.30. The third kappa shape index (κ3) is 2.54. The monoisotopic (exact) mass is 297 g/mol.